The van der Waals surface area contributed by atoms with Crippen LogP contribution in [-0.2, 0) is 6.54 Å². The fourth-order valence-corrected chi connectivity index (χ4v) is 1.56. The molecule has 0 unspecified atom stereocenters. The minimum Gasteiger partial charge on any atom is -0.370 e. The van der Waals surface area contributed by atoms with Gasteiger partial charge in [-0.1, -0.05) is 13.0 Å². The number of hydrogen-bond donors (Lipinski definition) is 2. The molecule has 0 aliphatic carbocycles. The van der Waals surface area contributed by atoms with Crippen LogP contribution in [0.4, 0.5) is 0 Å². The first-order valence-electron chi connectivity index (χ1n) is 6.43. The van der Waals surface area contributed by atoms with E-state index in [1.807, 2.05) is 12.3 Å². The molecule has 5 heteroatoms. The monoisotopic (exact) mass is 250 g/mol. The van der Waals surface area contributed by atoms with Crippen molar-refractivity contribution in [3.05, 3.63) is 34.7 Å². The number of nitrogens with two attached hydrogens (primary N) is 1. The van der Waals surface area contributed by atoms with Crippen LogP contribution in [0.5, 0.6) is 0 Å². The summed E-state index contributed by atoms with van der Waals surface area (Å²) in [6.07, 6.45) is 4.72. The van der Waals surface area contributed by atoms with E-state index in [9.17, 15) is 4.79 Å². The first-order chi connectivity index (χ1) is 8.74. The van der Waals surface area contributed by atoms with E-state index in [4.69, 9.17) is 5.73 Å². The van der Waals surface area contributed by atoms with E-state index < -0.39 is 0 Å². The molecule has 0 aromatic carbocycles. The molecule has 0 saturated heterocycles. The van der Waals surface area contributed by atoms with Crippen LogP contribution in [0.2, 0.25) is 0 Å². The van der Waals surface area contributed by atoms with Crippen molar-refractivity contribution < 1.29 is 0 Å². The number of aromatic nitrogens is 1. The molecule has 1 rings (SSSR count). The fraction of sp³-hybridized carbons (Fsp3) is 0.538. The zero-order valence-corrected chi connectivity index (χ0v) is 10.9. The van der Waals surface area contributed by atoms with Crippen molar-refractivity contribution in [3.63, 3.8) is 0 Å². The Bertz CT molecular complexity index is 425. The average Bonchev–Trinajstić information content (AvgIpc) is 2.38. The van der Waals surface area contributed by atoms with E-state index in [0.29, 0.717) is 5.96 Å². The average molecular weight is 250 g/mol. The summed E-state index contributed by atoms with van der Waals surface area (Å²) in [6, 6.07) is 5.20. The van der Waals surface area contributed by atoms with Gasteiger partial charge in [-0.15, -0.1) is 0 Å². The van der Waals surface area contributed by atoms with Crippen LogP contribution < -0.4 is 16.6 Å². The summed E-state index contributed by atoms with van der Waals surface area (Å²) in [5.41, 5.74) is 5.71. The standard InChI is InChI=1S/C13H22N4O/c1-2-8-15-13(14)16-9-4-6-11-17-10-5-3-7-12(17)18/h3,5,7,10H,2,4,6,8-9,11H2,1H3,(H3,14,15,16). The van der Waals surface area contributed by atoms with Crippen molar-refractivity contribution in [2.75, 3.05) is 13.1 Å². The fourth-order valence-electron chi connectivity index (χ4n) is 1.56. The van der Waals surface area contributed by atoms with Gasteiger partial charge in [-0.05, 0) is 25.3 Å². The molecule has 1 heterocycles. The maximum Gasteiger partial charge on any atom is 0.250 e. The molecule has 0 fully saturated rings. The van der Waals surface area contributed by atoms with Crippen molar-refractivity contribution in [2.24, 2.45) is 10.7 Å². The van der Waals surface area contributed by atoms with Crippen molar-refractivity contribution >= 4 is 5.96 Å². The molecule has 0 spiro atoms. The number of aliphatic imine (C=N–C) groups is 1. The summed E-state index contributed by atoms with van der Waals surface area (Å²) in [5.74, 6) is 0.508. The van der Waals surface area contributed by atoms with Gasteiger partial charge in [0.25, 0.3) is 0 Å². The number of rotatable bonds is 7. The zero-order chi connectivity index (χ0) is 13.2. The molecule has 1 aromatic heterocycles. The first-order valence-corrected chi connectivity index (χ1v) is 6.43. The van der Waals surface area contributed by atoms with Gasteiger partial charge < -0.3 is 15.6 Å². The van der Waals surface area contributed by atoms with Gasteiger partial charge in [0, 0.05) is 31.9 Å². The molecule has 18 heavy (non-hydrogen) atoms. The summed E-state index contributed by atoms with van der Waals surface area (Å²) in [5, 5.41) is 3.06. The maximum absolute atomic E-state index is 11.4. The molecule has 0 bridgehead atoms. The highest BCUT2D eigenvalue weighted by Gasteiger charge is 1.95. The third-order valence-electron chi connectivity index (χ3n) is 2.54. The van der Waals surface area contributed by atoms with Crippen LogP contribution >= 0.6 is 0 Å². The van der Waals surface area contributed by atoms with Crippen molar-refractivity contribution in [2.45, 2.75) is 32.7 Å². The molecular weight excluding hydrogens is 228 g/mol. The highest BCUT2D eigenvalue weighted by Crippen LogP contribution is 1.91. The smallest absolute Gasteiger partial charge is 0.250 e. The predicted molar refractivity (Wildman–Crippen MR) is 74.7 cm³/mol. The van der Waals surface area contributed by atoms with Gasteiger partial charge >= 0.3 is 0 Å². The Morgan fingerprint density at radius 1 is 1.44 bits per heavy atom. The van der Waals surface area contributed by atoms with E-state index in [1.54, 1.807) is 16.7 Å². The Morgan fingerprint density at radius 2 is 2.28 bits per heavy atom. The lowest BCUT2D eigenvalue weighted by Crippen LogP contribution is -2.32. The van der Waals surface area contributed by atoms with E-state index in [1.165, 1.54) is 0 Å². The highest BCUT2D eigenvalue weighted by molar-refractivity contribution is 5.77. The quantitative estimate of drug-likeness (QED) is 0.430. The van der Waals surface area contributed by atoms with Gasteiger partial charge in [-0.2, -0.15) is 0 Å². The lowest BCUT2D eigenvalue weighted by Gasteiger charge is -2.06. The zero-order valence-electron chi connectivity index (χ0n) is 10.9. The number of guanidine groups is 1. The van der Waals surface area contributed by atoms with E-state index in [-0.39, 0.29) is 5.56 Å². The normalized spacial score (nSPS) is 11.5. The Balaban J connectivity index is 2.16. The minimum atomic E-state index is 0.0504. The number of unbranched alkanes of at least 4 members (excludes halogenated alkanes) is 1. The SMILES string of the molecule is CCCN=C(N)NCCCCn1ccccc1=O. The third-order valence-corrected chi connectivity index (χ3v) is 2.54. The molecule has 1 aromatic rings. The van der Waals surface area contributed by atoms with Crippen molar-refractivity contribution in [3.8, 4) is 0 Å². The van der Waals surface area contributed by atoms with E-state index in [0.717, 1.165) is 38.9 Å². The van der Waals surface area contributed by atoms with Crippen LogP contribution in [0.3, 0.4) is 0 Å². The second kappa shape index (κ2) is 8.33. The van der Waals surface area contributed by atoms with Crippen LogP contribution in [-0.4, -0.2) is 23.6 Å². The van der Waals surface area contributed by atoms with Gasteiger partial charge in [0.1, 0.15) is 0 Å². The molecule has 0 radical (unpaired) electrons. The van der Waals surface area contributed by atoms with Crippen molar-refractivity contribution in [1.82, 2.24) is 9.88 Å². The molecular formula is C13H22N4O. The molecule has 5 nitrogen and oxygen atoms in total. The molecule has 0 amide bonds. The van der Waals surface area contributed by atoms with Gasteiger partial charge in [0.15, 0.2) is 5.96 Å². The second-order valence-electron chi connectivity index (χ2n) is 4.13. The Morgan fingerprint density at radius 3 is 3.00 bits per heavy atom. The van der Waals surface area contributed by atoms with Gasteiger partial charge in [-0.3, -0.25) is 9.79 Å². The topological polar surface area (TPSA) is 72.4 Å². The van der Waals surface area contributed by atoms with Crippen molar-refractivity contribution in [1.29, 1.82) is 0 Å². The summed E-state index contributed by atoms with van der Waals surface area (Å²) >= 11 is 0. The summed E-state index contributed by atoms with van der Waals surface area (Å²) in [4.78, 5) is 15.6. The van der Waals surface area contributed by atoms with Crippen LogP contribution in [0, 0.1) is 0 Å². The Labute approximate surface area is 108 Å². The molecule has 0 aliphatic rings. The lowest BCUT2D eigenvalue weighted by molar-refractivity contribution is 0.587. The highest BCUT2D eigenvalue weighted by atomic mass is 16.1. The Kier molecular flexibility index (Phi) is 6.61. The summed E-state index contributed by atoms with van der Waals surface area (Å²) < 4.78 is 1.72. The molecule has 0 aliphatic heterocycles. The summed E-state index contributed by atoms with van der Waals surface area (Å²) in [7, 11) is 0. The predicted octanol–water partition coefficient (Wildman–Crippen LogP) is 0.943. The largest absolute Gasteiger partial charge is 0.370 e. The van der Waals surface area contributed by atoms with Gasteiger partial charge in [0.2, 0.25) is 5.56 Å². The number of pyridine rings is 1. The Hall–Kier alpha value is -1.78. The molecule has 0 saturated carbocycles. The number of nitrogens with zero attached hydrogens (tertiary/aromatic N) is 2. The number of hydrogen-bond acceptors (Lipinski definition) is 2. The minimum absolute atomic E-state index is 0.0504. The number of aryl methyl sites for hydroxylation is 1. The van der Waals surface area contributed by atoms with Crippen LogP contribution in [0.25, 0.3) is 0 Å². The molecule has 3 N–H and O–H groups in total. The van der Waals surface area contributed by atoms with E-state index in [2.05, 4.69) is 17.2 Å². The van der Waals surface area contributed by atoms with Gasteiger partial charge in [0.05, 0.1) is 0 Å². The maximum atomic E-state index is 11.4. The molecule has 100 valence electrons. The third kappa shape index (κ3) is 5.52. The number of nitrogens with one attached hydrogen (secondary N) is 1. The van der Waals surface area contributed by atoms with Crippen LogP contribution in [0.1, 0.15) is 26.2 Å². The summed E-state index contributed by atoms with van der Waals surface area (Å²) in [6.45, 7) is 4.36. The first kappa shape index (κ1) is 14.3. The second-order valence-corrected chi connectivity index (χ2v) is 4.13. The lowest BCUT2D eigenvalue weighted by atomic mass is 10.3. The van der Waals surface area contributed by atoms with E-state index >= 15 is 0 Å². The van der Waals surface area contributed by atoms with Gasteiger partial charge in [-0.25, -0.2) is 0 Å². The van der Waals surface area contributed by atoms with Crippen LogP contribution in [0.15, 0.2) is 34.2 Å². The molecule has 0 atom stereocenters.